The minimum atomic E-state index is -0.0943. The molecule has 0 spiro atoms. The molecule has 33 heavy (non-hydrogen) atoms. The Bertz CT molecular complexity index is 1270. The monoisotopic (exact) mass is 460 g/mol. The first-order valence-corrected chi connectivity index (χ1v) is 11.5. The van der Waals surface area contributed by atoms with E-state index in [1.54, 1.807) is 6.33 Å². The van der Waals surface area contributed by atoms with Crippen LogP contribution in [0.2, 0.25) is 5.02 Å². The van der Waals surface area contributed by atoms with Crippen LogP contribution in [0.25, 0.3) is 16.7 Å². The lowest BCUT2D eigenvalue weighted by Gasteiger charge is -2.33. The third-order valence-electron chi connectivity index (χ3n) is 6.07. The normalized spacial score (nSPS) is 16.2. The first kappa shape index (κ1) is 21.4. The van der Waals surface area contributed by atoms with Crippen molar-refractivity contribution in [3.8, 4) is 5.69 Å². The van der Waals surface area contributed by atoms with Crippen molar-refractivity contribution in [2.45, 2.75) is 26.3 Å². The molecule has 0 unspecified atom stereocenters. The van der Waals surface area contributed by atoms with E-state index in [0.29, 0.717) is 23.8 Å². The van der Waals surface area contributed by atoms with Crippen LogP contribution in [0.1, 0.15) is 24.0 Å². The van der Waals surface area contributed by atoms with Crippen molar-refractivity contribution in [3.63, 3.8) is 0 Å². The Morgan fingerprint density at radius 3 is 2.70 bits per heavy atom. The van der Waals surface area contributed by atoms with E-state index in [-0.39, 0.29) is 11.8 Å². The molecule has 5 rings (SSSR count). The molecule has 2 aromatic heterocycles. The average Bonchev–Trinajstić information content (AvgIpc) is 3.28. The Balaban J connectivity index is 1.32. The second-order valence-corrected chi connectivity index (χ2v) is 8.91. The van der Waals surface area contributed by atoms with Gasteiger partial charge in [-0.15, -0.1) is 5.10 Å². The third kappa shape index (κ3) is 4.68. The van der Waals surface area contributed by atoms with Crippen LogP contribution >= 0.6 is 11.6 Å². The van der Waals surface area contributed by atoms with Crippen molar-refractivity contribution < 1.29 is 4.79 Å². The van der Waals surface area contributed by atoms with Crippen molar-refractivity contribution in [3.05, 3.63) is 77.2 Å². The third-order valence-corrected chi connectivity index (χ3v) is 6.32. The Morgan fingerprint density at radius 2 is 1.91 bits per heavy atom. The van der Waals surface area contributed by atoms with Gasteiger partial charge >= 0.3 is 0 Å². The number of nitrogens with zero attached hydrogens (tertiary/aromatic N) is 5. The van der Waals surface area contributed by atoms with Gasteiger partial charge in [-0.05, 0) is 49.6 Å². The average molecular weight is 461 g/mol. The zero-order valence-electron chi connectivity index (χ0n) is 18.4. The summed E-state index contributed by atoms with van der Waals surface area (Å²) in [5.74, 6) is 0.798. The van der Waals surface area contributed by atoms with Gasteiger partial charge in [-0.3, -0.25) is 4.79 Å². The summed E-state index contributed by atoms with van der Waals surface area (Å²) < 4.78 is 1.84. The van der Waals surface area contributed by atoms with Crippen molar-refractivity contribution >= 4 is 34.4 Å². The molecule has 1 saturated heterocycles. The summed E-state index contributed by atoms with van der Waals surface area (Å²) in [6.45, 7) is 4.02. The van der Waals surface area contributed by atoms with Crippen LogP contribution in [0, 0.1) is 12.8 Å². The summed E-state index contributed by atoms with van der Waals surface area (Å²) in [7, 11) is 0. The highest BCUT2D eigenvalue weighted by molar-refractivity contribution is 6.30. The lowest BCUT2D eigenvalue weighted by molar-refractivity contribution is -0.125. The second kappa shape index (κ2) is 9.19. The number of halogens is 1. The van der Waals surface area contributed by atoms with Crippen LogP contribution < -0.4 is 10.2 Å². The Kier molecular flexibility index (Phi) is 5.96. The maximum atomic E-state index is 12.9. The first-order valence-electron chi connectivity index (χ1n) is 11.1. The van der Waals surface area contributed by atoms with E-state index >= 15 is 0 Å². The summed E-state index contributed by atoms with van der Waals surface area (Å²) in [4.78, 5) is 24.0. The number of amides is 1. The summed E-state index contributed by atoms with van der Waals surface area (Å²) >= 11 is 5.95. The number of piperidine rings is 1. The molecule has 3 heterocycles. The maximum absolute atomic E-state index is 12.9. The van der Waals surface area contributed by atoms with Crippen molar-refractivity contribution in [2.24, 2.45) is 5.92 Å². The number of hydrogen-bond acceptors (Lipinski definition) is 5. The summed E-state index contributed by atoms with van der Waals surface area (Å²) in [6, 6.07) is 15.7. The highest BCUT2D eigenvalue weighted by Gasteiger charge is 2.28. The number of rotatable bonds is 5. The Labute approximate surface area is 197 Å². The molecule has 168 valence electrons. The fraction of sp³-hybridized carbons (Fsp3) is 0.280. The second-order valence-electron chi connectivity index (χ2n) is 8.47. The van der Waals surface area contributed by atoms with Gasteiger partial charge in [-0.25, -0.2) is 14.6 Å². The van der Waals surface area contributed by atoms with E-state index in [4.69, 9.17) is 11.6 Å². The molecule has 7 nitrogen and oxygen atoms in total. The predicted molar refractivity (Wildman–Crippen MR) is 130 cm³/mol. The van der Waals surface area contributed by atoms with Gasteiger partial charge < -0.3 is 10.2 Å². The van der Waals surface area contributed by atoms with Gasteiger partial charge in [-0.1, -0.05) is 41.4 Å². The van der Waals surface area contributed by atoms with Crippen LogP contribution in [-0.4, -0.2) is 38.7 Å². The number of anilines is 1. The van der Waals surface area contributed by atoms with Crippen molar-refractivity contribution in [2.75, 3.05) is 18.0 Å². The Hall–Kier alpha value is -3.45. The van der Waals surface area contributed by atoms with Crippen LogP contribution in [-0.2, 0) is 11.3 Å². The minimum absolute atomic E-state index is 0.0651. The largest absolute Gasteiger partial charge is 0.355 e. The SMILES string of the molecule is Cc1ccc(-n2cc3c(N4CCC[C@H](C(=O)NCc5ccc(Cl)cc5)C4)ncnc3n2)cc1. The lowest BCUT2D eigenvalue weighted by Crippen LogP contribution is -2.43. The number of hydrogen-bond donors (Lipinski definition) is 1. The van der Waals surface area contributed by atoms with Gasteiger partial charge in [0.2, 0.25) is 5.91 Å². The Morgan fingerprint density at radius 1 is 1.12 bits per heavy atom. The molecule has 0 radical (unpaired) electrons. The van der Waals surface area contributed by atoms with Gasteiger partial charge in [0.25, 0.3) is 0 Å². The fourth-order valence-corrected chi connectivity index (χ4v) is 4.35. The molecule has 0 saturated carbocycles. The van der Waals surface area contributed by atoms with Gasteiger partial charge in [0.1, 0.15) is 12.1 Å². The molecule has 0 aliphatic carbocycles. The minimum Gasteiger partial charge on any atom is -0.355 e. The van der Waals surface area contributed by atoms with Gasteiger partial charge in [0.05, 0.1) is 17.0 Å². The summed E-state index contributed by atoms with van der Waals surface area (Å²) in [5, 5.41) is 9.29. The number of fused-ring (bicyclic) bond motifs is 1. The highest BCUT2D eigenvalue weighted by atomic mass is 35.5. The lowest BCUT2D eigenvalue weighted by atomic mass is 9.97. The smallest absolute Gasteiger partial charge is 0.225 e. The first-order chi connectivity index (χ1) is 16.1. The molecule has 2 aromatic carbocycles. The number of carbonyl (C=O) groups excluding carboxylic acids is 1. The van der Waals surface area contributed by atoms with E-state index in [0.717, 1.165) is 41.8 Å². The van der Waals surface area contributed by atoms with Crippen LogP contribution in [0.4, 0.5) is 5.82 Å². The summed E-state index contributed by atoms with van der Waals surface area (Å²) in [6.07, 6.45) is 5.31. The molecule has 4 aromatic rings. The van der Waals surface area contributed by atoms with E-state index < -0.39 is 0 Å². The summed E-state index contributed by atoms with van der Waals surface area (Å²) in [5.41, 5.74) is 3.85. The zero-order valence-corrected chi connectivity index (χ0v) is 19.2. The number of aryl methyl sites for hydroxylation is 1. The molecular weight excluding hydrogens is 436 g/mol. The molecule has 1 N–H and O–H groups in total. The van der Waals surface area contributed by atoms with Crippen LogP contribution in [0.3, 0.4) is 0 Å². The van der Waals surface area contributed by atoms with E-state index in [9.17, 15) is 4.79 Å². The maximum Gasteiger partial charge on any atom is 0.225 e. The topological polar surface area (TPSA) is 75.9 Å². The van der Waals surface area contributed by atoms with Crippen LogP contribution in [0.5, 0.6) is 0 Å². The molecule has 1 aliphatic heterocycles. The molecule has 8 heteroatoms. The molecule has 1 amide bonds. The van der Waals surface area contributed by atoms with E-state index in [2.05, 4.69) is 44.3 Å². The molecule has 1 aliphatic rings. The number of nitrogens with one attached hydrogen (secondary N) is 1. The number of aromatic nitrogens is 4. The quantitative estimate of drug-likeness (QED) is 0.480. The highest BCUT2D eigenvalue weighted by Crippen LogP contribution is 2.28. The number of benzene rings is 2. The van der Waals surface area contributed by atoms with Crippen LogP contribution in [0.15, 0.2) is 61.1 Å². The zero-order chi connectivity index (χ0) is 22.8. The van der Waals surface area contributed by atoms with Gasteiger partial charge in [0, 0.05) is 30.9 Å². The van der Waals surface area contributed by atoms with Gasteiger partial charge in [0.15, 0.2) is 5.65 Å². The fourth-order valence-electron chi connectivity index (χ4n) is 4.23. The predicted octanol–water partition coefficient (Wildman–Crippen LogP) is 4.31. The van der Waals surface area contributed by atoms with E-state index in [1.165, 1.54) is 5.56 Å². The molecule has 0 bridgehead atoms. The molecule has 1 fully saturated rings. The van der Waals surface area contributed by atoms with Crippen molar-refractivity contribution in [1.29, 1.82) is 0 Å². The molecular formula is C25H25ClN6O. The number of carbonyl (C=O) groups is 1. The van der Waals surface area contributed by atoms with Gasteiger partial charge in [-0.2, -0.15) is 0 Å². The standard InChI is InChI=1S/C25H25ClN6O/c1-17-4-10-21(11-5-17)32-15-22-23(30-32)28-16-29-24(22)31-12-2-3-19(14-31)25(33)27-13-18-6-8-20(26)9-7-18/h4-11,15-16,19H,2-3,12-14H2,1H3,(H,27,33)/t19-/m0/s1. The molecule has 1 atom stereocenters. The van der Waals surface area contributed by atoms with Crippen molar-refractivity contribution in [1.82, 2.24) is 25.1 Å². The van der Waals surface area contributed by atoms with E-state index in [1.807, 2.05) is 47.3 Å².